The Labute approximate surface area is 115 Å². The second-order valence-corrected chi connectivity index (χ2v) is 4.89. The molecule has 2 nitrogen and oxygen atoms in total. The molecule has 0 aliphatic carbocycles. The van der Waals surface area contributed by atoms with Crippen molar-refractivity contribution in [3.05, 3.63) is 53.9 Å². The van der Waals surface area contributed by atoms with Crippen LogP contribution in [0.5, 0.6) is 0 Å². The molecule has 2 aromatic rings. The van der Waals surface area contributed by atoms with Gasteiger partial charge in [0.2, 0.25) is 0 Å². The maximum absolute atomic E-state index is 4.61. The third-order valence-corrected chi connectivity index (χ3v) is 3.01. The van der Waals surface area contributed by atoms with Crippen LogP contribution in [0.15, 0.2) is 42.6 Å². The molecule has 2 aromatic heterocycles. The largest absolute Gasteiger partial charge is 0.254 e. The first-order valence-corrected chi connectivity index (χ1v) is 6.80. The lowest BCUT2D eigenvalue weighted by Gasteiger charge is -2.06. The van der Waals surface area contributed by atoms with Crippen molar-refractivity contribution in [2.45, 2.75) is 33.1 Å². The summed E-state index contributed by atoms with van der Waals surface area (Å²) in [5.41, 5.74) is 4.09. The van der Waals surface area contributed by atoms with Crippen molar-refractivity contribution in [1.82, 2.24) is 9.97 Å². The van der Waals surface area contributed by atoms with Crippen molar-refractivity contribution in [3.63, 3.8) is 0 Å². The second kappa shape index (κ2) is 6.28. The summed E-state index contributed by atoms with van der Waals surface area (Å²) in [6.07, 6.45) is 7.12. The number of pyridine rings is 2. The minimum absolute atomic E-state index is 0.508. The van der Waals surface area contributed by atoms with Crippen LogP contribution in [0, 0.1) is 0 Å². The molecule has 0 saturated carbocycles. The van der Waals surface area contributed by atoms with Gasteiger partial charge < -0.3 is 0 Å². The van der Waals surface area contributed by atoms with Gasteiger partial charge in [-0.2, -0.15) is 0 Å². The van der Waals surface area contributed by atoms with Gasteiger partial charge in [0.1, 0.15) is 0 Å². The van der Waals surface area contributed by atoms with Crippen LogP contribution < -0.4 is 0 Å². The van der Waals surface area contributed by atoms with Gasteiger partial charge >= 0.3 is 0 Å². The number of hydrogen-bond donors (Lipinski definition) is 0. The Morgan fingerprint density at radius 2 is 1.95 bits per heavy atom. The van der Waals surface area contributed by atoms with E-state index in [9.17, 15) is 0 Å². The maximum atomic E-state index is 4.61. The lowest BCUT2D eigenvalue weighted by Crippen LogP contribution is -1.92. The molecule has 0 N–H and O–H groups in total. The maximum Gasteiger partial charge on any atom is 0.0893 e. The molecule has 0 amide bonds. The molecule has 0 fully saturated rings. The summed E-state index contributed by atoms with van der Waals surface area (Å²) in [5, 5.41) is 0. The predicted octanol–water partition coefficient (Wildman–Crippen LogP) is 4.69. The van der Waals surface area contributed by atoms with Crippen LogP contribution in [0.4, 0.5) is 0 Å². The molecule has 0 spiro atoms. The zero-order chi connectivity index (χ0) is 13.7. The van der Waals surface area contributed by atoms with E-state index in [1.54, 1.807) is 0 Å². The topological polar surface area (TPSA) is 25.8 Å². The lowest BCUT2D eigenvalue weighted by atomic mass is 10.1. The highest BCUT2D eigenvalue weighted by molar-refractivity contribution is 5.57. The fraction of sp³-hybridized carbons (Fsp3) is 0.294. The van der Waals surface area contributed by atoms with Crippen LogP contribution in [0.25, 0.3) is 17.5 Å². The average Bonchev–Trinajstić information content (AvgIpc) is 2.45. The Balaban J connectivity index is 2.28. The van der Waals surface area contributed by atoms with Crippen molar-refractivity contribution < 1.29 is 0 Å². The molecule has 0 atom stereocenters. The van der Waals surface area contributed by atoms with E-state index in [1.165, 1.54) is 5.56 Å². The minimum Gasteiger partial charge on any atom is -0.254 e. The van der Waals surface area contributed by atoms with Crippen molar-refractivity contribution in [3.8, 4) is 11.4 Å². The van der Waals surface area contributed by atoms with Crippen LogP contribution in [-0.2, 0) is 0 Å². The Morgan fingerprint density at radius 1 is 1.11 bits per heavy atom. The smallest absolute Gasteiger partial charge is 0.0893 e. The second-order valence-electron chi connectivity index (χ2n) is 4.89. The van der Waals surface area contributed by atoms with Gasteiger partial charge in [-0.3, -0.25) is 4.98 Å². The summed E-state index contributed by atoms with van der Waals surface area (Å²) < 4.78 is 0. The first-order valence-electron chi connectivity index (χ1n) is 6.80. The summed E-state index contributed by atoms with van der Waals surface area (Å²) in [4.78, 5) is 9.11. The summed E-state index contributed by atoms with van der Waals surface area (Å²) in [6, 6.07) is 10.2. The van der Waals surface area contributed by atoms with Gasteiger partial charge in [-0.1, -0.05) is 39.0 Å². The average molecular weight is 252 g/mol. The van der Waals surface area contributed by atoms with Crippen molar-refractivity contribution in [2.75, 3.05) is 0 Å². The van der Waals surface area contributed by atoms with E-state index in [1.807, 2.05) is 36.5 Å². The van der Waals surface area contributed by atoms with Gasteiger partial charge in [-0.15, -0.1) is 0 Å². The Morgan fingerprint density at radius 3 is 2.58 bits per heavy atom. The highest BCUT2D eigenvalue weighted by atomic mass is 14.8. The van der Waals surface area contributed by atoms with Crippen LogP contribution in [-0.4, -0.2) is 9.97 Å². The highest BCUT2D eigenvalue weighted by Crippen LogP contribution is 2.19. The van der Waals surface area contributed by atoms with Gasteiger partial charge in [0, 0.05) is 6.20 Å². The first-order chi connectivity index (χ1) is 9.20. The van der Waals surface area contributed by atoms with Crippen LogP contribution >= 0.6 is 0 Å². The normalized spacial score (nSPS) is 11.4. The SMILES string of the molecule is CCC=Cc1cccc(-c2ccc(C(C)C)cn2)n1. The van der Waals surface area contributed by atoms with Crippen molar-refractivity contribution >= 4 is 6.08 Å². The highest BCUT2D eigenvalue weighted by Gasteiger charge is 2.03. The number of hydrogen-bond acceptors (Lipinski definition) is 2. The van der Waals surface area contributed by atoms with E-state index in [0.29, 0.717) is 5.92 Å². The van der Waals surface area contributed by atoms with Crippen LogP contribution in [0.3, 0.4) is 0 Å². The van der Waals surface area contributed by atoms with E-state index in [-0.39, 0.29) is 0 Å². The van der Waals surface area contributed by atoms with E-state index in [0.717, 1.165) is 23.5 Å². The van der Waals surface area contributed by atoms with E-state index < -0.39 is 0 Å². The number of rotatable bonds is 4. The van der Waals surface area contributed by atoms with Gasteiger partial charge in [0.15, 0.2) is 0 Å². The van der Waals surface area contributed by atoms with Gasteiger partial charge in [-0.25, -0.2) is 4.98 Å². The number of aromatic nitrogens is 2. The lowest BCUT2D eigenvalue weighted by molar-refractivity contribution is 0.858. The molecule has 0 aliphatic heterocycles. The first kappa shape index (κ1) is 13.5. The molecule has 0 radical (unpaired) electrons. The molecule has 0 aromatic carbocycles. The molecular weight excluding hydrogens is 232 g/mol. The van der Waals surface area contributed by atoms with Crippen LogP contribution in [0.2, 0.25) is 0 Å². The summed E-state index contributed by atoms with van der Waals surface area (Å²) in [7, 11) is 0. The standard InChI is InChI=1S/C17H20N2/c1-4-5-7-15-8-6-9-17(19-15)16-11-10-14(12-18-16)13(2)3/h5-13H,4H2,1-3H3. The summed E-state index contributed by atoms with van der Waals surface area (Å²) >= 11 is 0. The molecule has 2 heteroatoms. The third-order valence-electron chi connectivity index (χ3n) is 3.01. The Bertz CT molecular complexity index is 554. The van der Waals surface area contributed by atoms with E-state index in [2.05, 4.69) is 42.9 Å². The monoisotopic (exact) mass is 252 g/mol. The number of allylic oxidation sites excluding steroid dienone is 1. The zero-order valence-electron chi connectivity index (χ0n) is 11.8. The van der Waals surface area contributed by atoms with Gasteiger partial charge in [-0.05, 0) is 42.2 Å². The third kappa shape index (κ3) is 3.50. The molecule has 0 saturated heterocycles. The van der Waals surface area contributed by atoms with E-state index >= 15 is 0 Å². The molecular formula is C17H20N2. The van der Waals surface area contributed by atoms with Crippen LogP contribution in [0.1, 0.15) is 44.4 Å². The fourth-order valence-electron chi connectivity index (χ4n) is 1.82. The predicted molar refractivity (Wildman–Crippen MR) is 80.9 cm³/mol. The fourth-order valence-corrected chi connectivity index (χ4v) is 1.82. The van der Waals surface area contributed by atoms with Crippen molar-refractivity contribution in [1.29, 1.82) is 0 Å². The molecule has 0 unspecified atom stereocenters. The molecule has 98 valence electrons. The Hall–Kier alpha value is -1.96. The quantitative estimate of drug-likeness (QED) is 0.788. The van der Waals surface area contributed by atoms with Gasteiger partial charge in [0.25, 0.3) is 0 Å². The molecule has 0 aliphatic rings. The molecule has 2 rings (SSSR count). The van der Waals surface area contributed by atoms with E-state index in [4.69, 9.17) is 0 Å². The molecule has 2 heterocycles. The number of nitrogens with zero attached hydrogens (tertiary/aromatic N) is 2. The minimum atomic E-state index is 0.508. The summed E-state index contributed by atoms with van der Waals surface area (Å²) in [6.45, 7) is 6.46. The van der Waals surface area contributed by atoms with Gasteiger partial charge in [0.05, 0.1) is 17.1 Å². The zero-order valence-corrected chi connectivity index (χ0v) is 11.8. The summed E-state index contributed by atoms with van der Waals surface area (Å²) in [5.74, 6) is 0.508. The molecule has 19 heavy (non-hydrogen) atoms. The Kier molecular flexibility index (Phi) is 4.45. The van der Waals surface area contributed by atoms with Crippen molar-refractivity contribution in [2.24, 2.45) is 0 Å². The molecule has 0 bridgehead atoms.